The lowest BCUT2D eigenvalue weighted by Gasteiger charge is -2.28. The van der Waals surface area contributed by atoms with Crippen molar-refractivity contribution in [2.24, 2.45) is 0 Å². The molecule has 1 amide bonds. The van der Waals surface area contributed by atoms with Crippen molar-refractivity contribution in [2.75, 3.05) is 6.61 Å². The first-order valence-corrected chi connectivity index (χ1v) is 6.85. The van der Waals surface area contributed by atoms with E-state index in [1.165, 1.54) is 0 Å². The quantitative estimate of drug-likeness (QED) is 0.861. The van der Waals surface area contributed by atoms with Crippen LogP contribution < -0.4 is 5.32 Å². The molecule has 1 atom stereocenters. The minimum absolute atomic E-state index is 0.233. The predicted molar refractivity (Wildman–Crippen MR) is 73.7 cm³/mol. The van der Waals surface area contributed by atoms with Crippen LogP contribution in [0.25, 0.3) is 0 Å². The number of aromatic nitrogens is 1. The fourth-order valence-corrected chi connectivity index (χ4v) is 2.33. The summed E-state index contributed by atoms with van der Waals surface area (Å²) < 4.78 is 11.6. The molecule has 1 aromatic rings. The molecule has 2 heterocycles. The first kappa shape index (κ1) is 14.3. The van der Waals surface area contributed by atoms with Crippen molar-refractivity contribution in [3.05, 3.63) is 28.0 Å². The lowest BCUT2D eigenvalue weighted by atomic mass is 10.0. The van der Waals surface area contributed by atoms with Crippen molar-refractivity contribution in [3.63, 3.8) is 0 Å². The molecule has 0 unspecified atom stereocenters. The Kier molecular flexibility index (Phi) is 4.10. The van der Waals surface area contributed by atoms with Crippen molar-refractivity contribution >= 4 is 22.0 Å². The van der Waals surface area contributed by atoms with Crippen LogP contribution in [0.2, 0.25) is 0 Å². The molecule has 1 aromatic heterocycles. The molecule has 0 aromatic carbocycles. The van der Waals surface area contributed by atoms with E-state index in [1.54, 1.807) is 12.4 Å². The number of hydrogen-bond acceptors (Lipinski definition) is 4. The number of pyridine rings is 1. The van der Waals surface area contributed by atoms with Crippen molar-refractivity contribution in [1.29, 1.82) is 0 Å². The number of alkyl carbamates (subject to hydrolysis) is 1. The van der Waals surface area contributed by atoms with Crippen LogP contribution in [0.5, 0.6) is 0 Å². The number of amides is 1. The summed E-state index contributed by atoms with van der Waals surface area (Å²) in [6, 6.07) is -0.233. The maximum atomic E-state index is 11.8. The van der Waals surface area contributed by atoms with Gasteiger partial charge in [-0.2, -0.15) is 0 Å². The van der Waals surface area contributed by atoms with E-state index in [-0.39, 0.29) is 6.04 Å². The molecule has 0 aliphatic carbocycles. The normalized spacial score (nSPS) is 18.6. The van der Waals surface area contributed by atoms with Gasteiger partial charge in [0, 0.05) is 28.0 Å². The van der Waals surface area contributed by atoms with Crippen LogP contribution in [0.15, 0.2) is 16.9 Å². The van der Waals surface area contributed by atoms with Gasteiger partial charge in [0.2, 0.25) is 0 Å². The van der Waals surface area contributed by atoms with Gasteiger partial charge in [0.05, 0.1) is 19.3 Å². The standard InChI is InChI=1S/C13H17BrN2O3/c1-13(2,3)19-12(17)16-11-7-18-6-9-8(11)4-15-5-10(9)14/h4-5,11H,6-7H2,1-3H3,(H,16,17)/t11-/m1/s1. The average Bonchev–Trinajstić information content (AvgIpc) is 2.28. The molecule has 1 aliphatic rings. The monoisotopic (exact) mass is 328 g/mol. The molecular formula is C13H17BrN2O3. The van der Waals surface area contributed by atoms with E-state index in [0.29, 0.717) is 13.2 Å². The first-order valence-electron chi connectivity index (χ1n) is 6.06. The molecule has 0 radical (unpaired) electrons. The maximum absolute atomic E-state index is 11.8. The molecule has 0 spiro atoms. The Hall–Kier alpha value is -1.14. The summed E-state index contributed by atoms with van der Waals surface area (Å²) in [4.78, 5) is 15.9. The Labute approximate surface area is 120 Å². The lowest BCUT2D eigenvalue weighted by molar-refractivity contribution is 0.0388. The lowest BCUT2D eigenvalue weighted by Crippen LogP contribution is -2.38. The number of nitrogens with zero attached hydrogens (tertiary/aromatic N) is 1. The molecule has 104 valence electrons. The summed E-state index contributed by atoms with van der Waals surface area (Å²) in [5, 5.41) is 2.81. The third-order valence-electron chi connectivity index (χ3n) is 2.64. The van der Waals surface area contributed by atoms with E-state index < -0.39 is 11.7 Å². The second-order valence-electron chi connectivity index (χ2n) is 5.40. The SMILES string of the molecule is CC(C)(C)OC(=O)N[C@@H]1COCc2c(Br)cncc21. The van der Waals surface area contributed by atoms with Gasteiger partial charge in [-0.05, 0) is 36.7 Å². The Morgan fingerprint density at radius 1 is 1.53 bits per heavy atom. The Morgan fingerprint density at radius 3 is 2.95 bits per heavy atom. The number of ether oxygens (including phenoxy) is 2. The Bertz CT molecular complexity index is 485. The van der Waals surface area contributed by atoms with E-state index in [1.807, 2.05) is 20.8 Å². The fraction of sp³-hybridized carbons (Fsp3) is 0.538. The van der Waals surface area contributed by atoms with E-state index in [9.17, 15) is 4.79 Å². The molecule has 1 N–H and O–H groups in total. The summed E-state index contributed by atoms with van der Waals surface area (Å²) in [6.45, 7) is 6.43. The smallest absolute Gasteiger partial charge is 0.408 e. The molecule has 0 saturated heterocycles. The number of hydrogen-bond donors (Lipinski definition) is 1. The van der Waals surface area contributed by atoms with Gasteiger partial charge in [-0.3, -0.25) is 4.98 Å². The molecule has 1 aliphatic heterocycles. The highest BCUT2D eigenvalue weighted by atomic mass is 79.9. The number of rotatable bonds is 1. The van der Waals surface area contributed by atoms with Crippen molar-refractivity contribution < 1.29 is 14.3 Å². The second kappa shape index (κ2) is 5.46. The zero-order chi connectivity index (χ0) is 14.0. The fourth-order valence-electron chi connectivity index (χ4n) is 1.87. The van der Waals surface area contributed by atoms with Crippen LogP contribution in [0.3, 0.4) is 0 Å². The largest absolute Gasteiger partial charge is 0.444 e. The molecule has 0 fully saturated rings. The topological polar surface area (TPSA) is 60.5 Å². The van der Waals surface area contributed by atoms with Gasteiger partial charge < -0.3 is 14.8 Å². The number of halogens is 1. The summed E-state index contributed by atoms with van der Waals surface area (Å²) in [7, 11) is 0. The average molecular weight is 329 g/mol. The van der Waals surface area contributed by atoms with Crippen molar-refractivity contribution in [2.45, 2.75) is 39.0 Å². The third kappa shape index (κ3) is 3.67. The number of carbonyl (C=O) groups excluding carboxylic acids is 1. The summed E-state index contributed by atoms with van der Waals surface area (Å²) in [6.07, 6.45) is 3.02. The number of fused-ring (bicyclic) bond motifs is 1. The van der Waals surface area contributed by atoms with Gasteiger partial charge in [0.15, 0.2) is 0 Å². The highest BCUT2D eigenvalue weighted by molar-refractivity contribution is 9.10. The maximum Gasteiger partial charge on any atom is 0.408 e. The van der Waals surface area contributed by atoms with Gasteiger partial charge in [0.1, 0.15) is 5.60 Å². The first-order chi connectivity index (χ1) is 8.87. The second-order valence-corrected chi connectivity index (χ2v) is 6.26. The van der Waals surface area contributed by atoms with Gasteiger partial charge in [-0.15, -0.1) is 0 Å². The molecule has 5 nitrogen and oxygen atoms in total. The van der Waals surface area contributed by atoms with E-state index in [4.69, 9.17) is 9.47 Å². The molecule has 2 rings (SSSR count). The summed E-state index contributed by atoms with van der Waals surface area (Å²) in [5.74, 6) is 0. The predicted octanol–water partition coefficient (Wildman–Crippen LogP) is 2.94. The molecular weight excluding hydrogens is 312 g/mol. The zero-order valence-corrected chi connectivity index (χ0v) is 12.8. The van der Waals surface area contributed by atoms with Crippen LogP contribution in [-0.2, 0) is 16.1 Å². The molecule has 19 heavy (non-hydrogen) atoms. The van der Waals surface area contributed by atoms with Gasteiger partial charge in [-0.1, -0.05) is 0 Å². The molecule has 0 bridgehead atoms. The molecule has 6 heteroatoms. The van der Waals surface area contributed by atoms with E-state index in [0.717, 1.165) is 15.6 Å². The third-order valence-corrected chi connectivity index (χ3v) is 3.32. The van der Waals surface area contributed by atoms with Crippen LogP contribution >= 0.6 is 15.9 Å². The Balaban J connectivity index is 2.12. The van der Waals surface area contributed by atoms with E-state index >= 15 is 0 Å². The highest BCUT2D eigenvalue weighted by Crippen LogP contribution is 2.29. The minimum atomic E-state index is -0.516. The zero-order valence-electron chi connectivity index (χ0n) is 11.2. The van der Waals surface area contributed by atoms with Crippen molar-refractivity contribution in [3.8, 4) is 0 Å². The number of nitrogens with one attached hydrogen (secondary N) is 1. The van der Waals surface area contributed by atoms with Crippen LogP contribution in [0.4, 0.5) is 4.79 Å². The Morgan fingerprint density at radius 2 is 2.26 bits per heavy atom. The van der Waals surface area contributed by atoms with Gasteiger partial charge >= 0.3 is 6.09 Å². The van der Waals surface area contributed by atoms with Crippen molar-refractivity contribution in [1.82, 2.24) is 10.3 Å². The van der Waals surface area contributed by atoms with Crippen LogP contribution in [-0.4, -0.2) is 23.3 Å². The minimum Gasteiger partial charge on any atom is -0.444 e. The van der Waals surface area contributed by atoms with Crippen LogP contribution in [0, 0.1) is 0 Å². The highest BCUT2D eigenvalue weighted by Gasteiger charge is 2.26. The van der Waals surface area contributed by atoms with E-state index in [2.05, 4.69) is 26.2 Å². The summed E-state index contributed by atoms with van der Waals surface area (Å²) in [5.41, 5.74) is 1.46. The number of carbonyl (C=O) groups is 1. The van der Waals surface area contributed by atoms with Crippen LogP contribution in [0.1, 0.15) is 37.9 Å². The van der Waals surface area contributed by atoms with Gasteiger partial charge in [-0.25, -0.2) is 4.79 Å². The molecule has 0 saturated carbocycles. The summed E-state index contributed by atoms with van der Waals surface area (Å²) >= 11 is 3.44. The van der Waals surface area contributed by atoms with Gasteiger partial charge in [0.25, 0.3) is 0 Å².